The maximum absolute atomic E-state index is 9.35. The number of methoxy groups -OCH3 is 2. The first-order valence-corrected chi connectivity index (χ1v) is 11.0. The zero-order valence-electron chi connectivity index (χ0n) is 19.8. The molecular formula is C24H31N5O4S. The molecule has 10 heteroatoms. The highest BCUT2D eigenvalue weighted by molar-refractivity contribution is 7.97. The monoisotopic (exact) mass is 485 g/mol. The Labute approximate surface area is 204 Å². The van der Waals surface area contributed by atoms with Gasteiger partial charge in [-0.05, 0) is 68.0 Å². The molecule has 34 heavy (non-hydrogen) atoms. The van der Waals surface area contributed by atoms with Gasteiger partial charge in [0.2, 0.25) is 0 Å². The third-order valence-electron chi connectivity index (χ3n) is 4.75. The molecule has 0 aliphatic heterocycles. The van der Waals surface area contributed by atoms with Gasteiger partial charge < -0.3 is 25.3 Å². The molecule has 0 spiro atoms. The smallest absolute Gasteiger partial charge is 0.136 e. The van der Waals surface area contributed by atoms with E-state index >= 15 is 0 Å². The molecule has 0 atom stereocenters. The maximum Gasteiger partial charge on any atom is 0.136 e. The van der Waals surface area contributed by atoms with Gasteiger partial charge in [0.15, 0.2) is 0 Å². The van der Waals surface area contributed by atoms with Crippen molar-refractivity contribution in [3.63, 3.8) is 0 Å². The van der Waals surface area contributed by atoms with Crippen LogP contribution in [-0.4, -0.2) is 67.2 Å². The van der Waals surface area contributed by atoms with E-state index in [2.05, 4.69) is 40.8 Å². The minimum Gasteiger partial charge on any atom is -0.496 e. The Hall–Kier alpha value is -3.20. The average Bonchev–Trinajstić information content (AvgIpc) is 2.82. The van der Waals surface area contributed by atoms with Crippen LogP contribution >= 0.6 is 11.9 Å². The molecule has 182 valence electrons. The van der Waals surface area contributed by atoms with Gasteiger partial charge in [-0.15, -0.1) is 0 Å². The summed E-state index contributed by atoms with van der Waals surface area (Å²) >= 11 is 1.57. The SMILES string of the molecule is COc1ccc(-c2ccnc(Cc3ccc(SNCCN(C)C)c(OC)c3)n2)cc1C#N.O.O. The summed E-state index contributed by atoms with van der Waals surface area (Å²) in [5, 5.41) is 9.35. The normalized spacial score (nSPS) is 10.1. The Morgan fingerprint density at radius 3 is 2.47 bits per heavy atom. The number of benzene rings is 2. The number of ether oxygens (including phenoxy) is 2. The van der Waals surface area contributed by atoms with Gasteiger partial charge in [-0.2, -0.15) is 5.26 Å². The second-order valence-electron chi connectivity index (χ2n) is 7.35. The molecule has 0 bridgehead atoms. The molecule has 0 unspecified atom stereocenters. The highest BCUT2D eigenvalue weighted by Crippen LogP contribution is 2.29. The fraction of sp³-hybridized carbons (Fsp3) is 0.292. The second-order valence-corrected chi connectivity index (χ2v) is 8.28. The molecule has 1 heterocycles. The van der Waals surface area contributed by atoms with Crippen molar-refractivity contribution in [3.8, 4) is 28.8 Å². The number of rotatable bonds is 10. The number of hydrogen-bond donors (Lipinski definition) is 1. The Kier molecular flexibility index (Phi) is 12.0. The van der Waals surface area contributed by atoms with Crippen LogP contribution in [0.2, 0.25) is 0 Å². The molecule has 0 radical (unpaired) electrons. The molecule has 0 amide bonds. The van der Waals surface area contributed by atoms with Crippen molar-refractivity contribution in [1.82, 2.24) is 19.6 Å². The van der Waals surface area contributed by atoms with Crippen molar-refractivity contribution in [2.75, 3.05) is 41.4 Å². The van der Waals surface area contributed by atoms with Crippen LogP contribution in [0.15, 0.2) is 53.6 Å². The molecule has 3 rings (SSSR count). The molecular weight excluding hydrogens is 454 g/mol. The van der Waals surface area contributed by atoms with E-state index in [1.54, 1.807) is 44.5 Å². The second kappa shape index (κ2) is 14.1. The highest BCUT2D eigenvalue weighted by Gasteiger charge is 2.10. The summed E-state index contributed by atoms with van der Waals surface area (Å²) in [4.78, 5) is 12.3. The zero-order valence-corrected chi connectivity index (χ0v) is 20.6. The van der Waals surface area contributed by atoms with E-state index in [9.17, 15) is 5.26 Å². The van der Waals surface area contributed by atoms with E-state index in [0.717, 1.165) is 40.6 Å². The molecule has 0 fully saturated rings. The highest BCUT2D eigenvalue weighted by atomic mass is 32.2. The third kappa shape index (κ3) is 7.69. The maximum atomic E-state index is 9.35. The number of nitrogens with zero attached hydrogens (tertiary/aromatic N) is 4. The lowest BCUT2D eigenvalue weighted by atomic mass is 10.1. The van der Waals surface area contributed by atoms with Crippen molar-refractivity contribution >= 4 is 11.9 Å². The van der Waals surface area contributed by atoms with Crippen LogP contribution in [0.3, 0.4) is 0 Å². The lowest BCUT2D eigenvalue weighted by molar-refractivity contribution is 0.403. The van der Waals surface area contributed by atoms with Crippen molar-refractivity contribution in [2.45, 2.75) is 11.3 Å². The van der Waals surface area contributed by atoms with Gasteiger partial charge in [0.25, 0.3) is 0 Å². The predicted octanol–water partition coefficient (Wildman–Crippen LogP) is 2.13. The minimum atomic E-state index is 0. The number of nitrogens with one attached hydrogen (secondary N) is 1. The predicted molar refractivity (Wildman–Crippen MR) is 134 cm³/mol. The summed E-state index contributed by atoms with van der Waals surface area (Å²) in [6.45, 7) is 1.84. The molecule has 1 aromatic heterocycles. The number of nitriles is 1. The Morgan fingerprint density at radius 1 is 1.03 bits per heavy atom. The first-order chi connectivity index (χ1) is 15.5. The molecule has 3 aromatic rings. The number of aromatic nitrogens is 2. The van der Waals surface area contributed by atoms with Gasteiger partial charge in [0.1, 0.15) is 23.4 Å². The summed E-state index contributed by atoms with van der Waals surface area (Å²) in [7, 11) is 7.33. The summed E-state index contributed by atoms with van der Waals surface area (Å²) in [6.07, 6.45) is 2.31. The molecule has 9 nitrogen and oxygen atoms in total. The number of likely N-dealkylation sites (N-methyl/N-ethyl adjacent to an activating group) is 1. The van der Waals surface area contributed by atoms with Crippen LogP contribution in [0.1, 0.15) is 17.0 Å². The first-order valence-electron chi connectivity index (χ1n) is 10.2. The van der Waals surface area contributed by atoms with E-state index in [4.69, 9.17) is 14.5 Å². The Bertz CT molecular complexity index is 1100. The van der Waals surface area contributed by atoms with Crippen LogP contribution in [0, 0.1) is 11.3 Å². The largest absolute Gasteiger partial charge is 0.496 e. The van der Waals surface area contributed by atoms with Crippen LogP contribution in [-0.2, 0) is 6.42 Å². The van der Waals surface area contributed by atoms with Crippen molar-refractivity contribution in [1.29, 1.82) is 5.26 Å². The van der Waals surface area contributed by atoms with E-state index in [0.29, 0.717) is 23.6 Å². The van der Waals surface area contributed by atoms with Gasteiger partial charge in [-0.3, -0.25) is 4.72 Å². The molecule has 0 aliphatic carbocycles. The number of hydrogen-bond acceptors (Lipinski definition) is 8. The summed E-state index contributed by atoms with van der Waals surface area (Å²) in [5.74, 6) is 2.06. The quantitative estimate of drug-likeness (QED) is 0.339. The summed E-state index contributed by atoms with van der Waals surface area (Å²) < 4.78 is 14.2. The van der Waals surface area contributed by atoms with E-state index in [-0.39, 0.29) is 11.0 Å². The summed E-state index contributed by atoms with van der Waals surface area (Å²) in [5.41, 5.74) is 3.14. The van der Waals surface area contributed by atoms with E-state index in [1.807, 2.05) is 24.3 Å². The van der Waals surface area contributed by atoms with Gasteiger partial charge >= 0.3 is 0 Å². The first kappa shape index (κ1) is 28.8. The van der Waals surface area contributed by atoms with E-state index in [1.165, 1.54) is 0 Å². The average molecular weight is 486 g/mol. The fourth-order valence-corrected chi connectivity index (χ4v) is 3.81. The van der Waals surface area contributed by atoms with Gasteiger partial charge in [0.05, 0.1) is 30.4 Å². The van der Waals surface area contributed by atoms with Gasteiger partial charge in [-0.25, -0.2) is 9.97 Å². The topological polar surface area (TPSA) is 146 Å². The molecule has 0 saturated carbocycles. The van der Waals surface area contributed by atoms with Crippen molar-refractivity contribution < 1.29 is 20.4 Å². The molecule has 5 N–H and O–H groups in total. The Balaban J connectivity index is 0.00000289. The zero-order chi connectivity index (χ0) is 22.9. The van der Waals surface area contributed by atoms with Crippen molar-refractivity contribution in [2.24, 2.45) is 0 Å². The summed E-state index contributed by atoms with van der Waals surface area (Å²) in [6, 6.07) is 15.6. The van der Waals surface area contributed by atoms with Crippen LogP contribution in [0.25, 0.3) is 11.3 Å². The molecule has 2 aromatic carbocycles. The minimum absolute atomic E-state index is 0. The van der Waals surface area contributed by atoms with Gasteiger partial charge in [-0.1, -0.05) is 6.07 Å². The van der Waals surface area contributed by atoms with Gasteiger partial charge in [0, 0.05) is 31.3 Å². The third-order valence-corrected chi connectivity index (χ3v) is 5.66. The molecule has 0 aliphatic rings. The van der Waals surface area contributed by atoms with Crippen LogP contribution in [0.4, 0.5) is 0 Å². The van der Waals surface area contributed by atoms with Crippen LogP contribution in [0.5, 0.6) is 11.5 Å². The lowest BCUT2D eigenvalue weighted by Gasteiger charge is -2.13. The fourth-order valence-electron chi connectivity index (χ4n) is 3.09. The Morgan fingerprint density at radius 2 is 1.79 bits per heavy atom. The molecule has 0 saturated heterocycles. The van der Waals surface area contributed by atoms with Crippen molar-refractivity contribution in [3.05, 3.63) is 65.6 Å². The van der Waals surface area contributed by atoms with Crippen LogP contribution < -0.4 is 14.2 Å². The van der Waals surface area contributed by atoms with E-state index < -0.39 is 0 Å². The lowest BCUT2D eigenvalue weighted by Crippen LogP contribution is -2.22. The standard InChI is InChI=1S/C24H27N5O2S.2H2O/c1-29(2)12-11-27-32-23-8-5-17(13-22(23)31-4)14-24-26-10-9-20(28-24)18-6-7-21(30-3)19(15-18)16-25;;/h5-10,13,15,27H,11-12,14H2,1-4H3;2*1H2.